The summed E-state index contributed by atoms with van der Waals surface area (Å²) in [6, 6.07) is 0. The van der Waals surface area contributed by atoms with Gasteiger partial charge in [-0.25, -0.2) is 0 Å². The van der Waals surface area contributed by atoms with Gasteiger partial charge in [0.05, 0.1) is 14.8 Å². The fourth-order valence-corrected chi connectivity index (χ4v) is 0.732. The first-order valence-corrected chi connectivity index (χ1v) is 2.69. The summed E-state index contributed by atoms with van der Waals surface area (Å²) in [5.74, 6) is -0.430. The Bertz CT molecular complexity index is 451. The van der Waals surface area contributed by atoms with Gasteiger partial charge in [-0.05, 0) is 12.9 Å². The predicted octanol–water partition coefficient (Wildman–Crippen LogP) is -0.386. The van der Waals surface area contributed by atoms with E-state index >= 15 is 0 Å². The molecule has 0 aromatic carbocycles. The van der Waals surface area contributed by atoms with Gasteiger partial charge < -0.3 is 9.84 Å². The number of fused-ring (bicyclic) bond motifs is 1. The maximum Gasteiger partial charge on any atom is 0.283 e. The van der Waals surface area contributed by atoms with Crippen molar-refractivity contribution in [3.8, 4) is 0 Å². The van der Waals surface area contributed by atoms with Crippen molar-refractivity contribution in [2.24, 2.45) is 0 Å². The number of H-pyrrole nitrogens is 1. The van der Waals surface area contributed by atoms with E-state index in [2.05, 4.69) is 9.84 Å². The van der Waals surface area contributed by atoms with Crippen molar-refractivity contribution in [2.45, 2.75) is 12.9 Å². The van der Waals surface area contributed by atoms with E-state index in [1.807, 2.05) is 5.16 Å². The van der Waals surface area contributed by atoms with Crippen molar-refractivity contribution in [1.29, 1.82) is 0 Å². The first-order chi connectivity index (χ1) is 6.77. The maximum absolute atomic E-state index is 11.2. The zero-order valence-corrected chi connectivity index (χ0v) is 4.89. The van der Waals surface area contributed by atoms with Crippen LogP contribution >= 0.6 is 0 Å². The normalized spacial score (nSPS) is 41.6. The Morgan fingerprint density at radius 1 is 1.70 bits per heavy atom. The summed E-state index contributed by atoms with van der Waals surface area (Å²) in [7, 11) is 0. The molecular formula is C6H8N2O2. The summed E-state index contributed by atoms with van der Waals surface area (Å²) in [6.45, 7) is -3.77. The second-order valence-electron chi connectivity index (χ2n) is 1.80. The summed E-state index contributed by atoms with van der Waals surface area (Å²) >= 11 is 0. The maximum atomic E-state index is 11.2. The molecule has 0 saturated heterocycles. The van der Waals surface area contributed by atoms with Crippen LogP contribution in [0.4, 0.5) is 0 Å². The Hall–Kier alpha value is -1.03. The molecule has 1 aliphatic rings. The Labute approximate surface area is 64.2 Å². The molecule has 0 saturated carbocycles. The average molecular weight is 145 g/mol. The molecular weight excluding hydrogens is 132 g/mol. The third-order valence-electron chi connectivity index (χ3n) is 1.17. The van der Waals surface area contributed by atoms with Gasteiger partial charge in [0, 0.05) is 4.11 Å². The minimum atomic E-state index is -2.28. The molecule has 54 valence electrons. The van der Waals surface area contributed by atoms with Crippen molar-refractivity contribution in [2.75, 3.05) is 6.52 Å². The Morgan fingerprint density at radius 2 is 2.60 bits per heavy atom. The lowest BCUT2D eigenvalue weighted by Crippen LogP contribution is -2.25. The van der Waals surface area contributed by atoms with Gasteiger partial charge in [0.25, 0.3) is 5.56 Å². The molecule has 0 radical (unpaired) electrons. The molecule has 1 aliphatic heterocycles. The molecule has 2 heterocycles. The fourth-order valence-electron chi connectivity index (χ4n) is 0.732. The van der Waals surface area contributed by atoms with Crippen LogP contribution in [0.1, 0.15) is 18.2 Å². The standard InChI is InChI=1S/C6H8N2O2/c9-6-4-1-2-7-3-5(4)10-8-6/h7H,1-3H2,(H,8,9)/i1D2,2D,3D2. The van der Waals surface area contributed by atoms with Gasteiger partial charge in [0.15, 0.2) is 5.76 Å². The first kappa shape index (κ1) is 2.54. The minimum absolute atomic E-state index is 0.430. The molecule has 2 N–H and O–H groups in total. The van der Waals surface area contributed by atoms with Crippen LogP contribution in [0.2, 0.25) is 0 Å². The lowest BCUT2D eigenvalue weighted by Gasteiger charge is -2.07. The van der Waals surface area contributed by atoms with E-state index in [-0.39, 0.29) is 0 Å². The molecule has 1 atom stereocenters. The Kier molecular flexibility index (Phi) is 0.504. The van der Waals surface area contributed by atoms with Crippen LogP contribution in [0, 0.1) is 0 Å². The highest BCUT2D eigenvalue weighted by molar-refractivity contribution is 5.16. The second kappa shape index (κ2) is 1.98. The molecule has 1 aromatic heterocycles. The van der Waals surface area contributed by atoms with Crippen LogP contribution in [0.3, 0.4) is 0 Å². The van der Waals surface area contributed by atoms with Crippen molar-refractivity contribution >= 4 is 0 Å². The summed E-state index contributed by atoms with van der Waals surface area (Å²) in [6.07, 6.45) is -2.28. The molecule has 10 heavy (non-hydrogen) atoms. The highest BCUT2D eigenvalue weighted by Crippen LogP contribution is 2.06. The van der Waals surface area contributed by atoms with E-state index in [1.165, 1.54) is 0 Å². The topological polar surface area (TPSA) is 58.0 Å². The number of rotatable bonds is 0. The summed E-state index contributed by atoms with van der Waals surface area (Å²) in [4.78, 5) is 11.2. The Balaban J connectivity index is 2.73. The smallest absolute Gasteiger partial charge is 0.283 e. The van der Waals surface area contributed by atoms with Crippen LogP contribution in [0.15, 0.2) is 9.32 Å². The Morgan fingerprint density at radius 3 is 3.50 bits per heavy atom. The van der Waals surface area contributed by atoms with E-state index in [0.29, 0.717) is 0 Å². The summed E-state index contributed by atoms with van der Waals surface area (Å²) in [5.41, 5.74) is -1.29. The minimum Gasteiger partial charge on any atom is -0.382 e. The van der Waals surface area contributed by atoms with Gasteiger partial charge in [-0.2, -0.15) is 5.16 Å². The molecule has 0 aliphatic carbocycles. The lowest BCUT2D eigenvalue weighted by atomic mass is 10.1. The van der Waals surface area contributed by atoms with E-state index in [4.69, 9.17) is 6.85 Å². The van der Waals surface area contributed by atoms with Crippen LogP contribution in [-0.4, -0.2) is 11.7 Å². The molecule has 0 fully saturated rings. The van der Waals surface area contributed by atoms with Gasteiger partial charge >= 0.3 is 0 Å². The molecule has 1 unspecified atom stereocenters. The molecule has 4 nitrogen and oxygen atoms in total. The lowest BCUT2D eigenvalue weighted by molar-refractivity contribution is 0.362. The first-order valence-electron chi connectivity index (χ1n) is 5.27. The number of nitrogens with one attached hydrogen (secondary N) is 2. The second-order valence-corrected chi connectivity index (χ2v) is 1.80. The molecule has 4 heteroatoms. The van der Waals surface area contributed by atoms with Crippen molar-refractivity contribution in [1.82, 2.24) is 10.5 Å². The van der Waals surface area contributed by atoms with Crippen LogP contribution < -0.4 is 10.9 Å². The molecule has 0 amide bonds. The highest BCUT2D eigenvalue weighted by Gasteiger charge is 2.15. The van der Waals surface area contributed by atoms with Crippen LogP contribution in [-0.2, 0) is 12.9 Å². The number of hydrogen-bond acceptors (Lipinski definition) is 3. The number of aromatic amines is 1. The predicted molar refractivity (Wildman–Crippen MR) is 34.7 cm³/mol. The number of hydrogen-bond donors (Lipinski definition) is 2. The molecule has 1 aromatic rings. The number of aromatic nitrogens is 1. The SMILES string of the molecule is [2H]C1NC([2H])([2H])c2o[nH]c(=O)c2C1([2H])[2H]. The summed E-state index contributed by atoms with van der Waals surface area (Å²) in [5, 5.41) is 3.96. The van der Waals surface area contributed by atoms with Gasteiger partial charge in [-0.1, -0.05) is 0 Å². The largest absolute Gasteiger partial charge is 0.382 e. The van der Waals surface area contributed by atoms with Crippen LogP contribution in [0.25, 0.3) is 0 Å². The summed E-state index contributed by atoms with van der Waals surface area (Å²) < 4.78 is 41.9. The zero-order chi connectivity index (χ0) is 11.4. The van der Waals surface area contributed by atoms with Crippen LogP contribution in [0.5, 0.6) is 0 Å². The molecule has 2 rings (SSSR count). The third kappa shape index (κ3) is 0.690. The fraction of sp³-hybridized carbons (Fsp3) is 0.500. The van der Waals surface area contributed by atoms with Gasteiger partial charge in [-0.15, -0.1) is 0 Å². The van der Waals surface area contributed by atoms with Gasteiger partial charge in [0.2, 0.25) is 0 Å². The van der Waals surface area contributed by atoms with Gasteiger partial charge in [-0.3, -0.25) is 4.79 Å². The van der Waals surface area contributed by atoms with Gasteiger partial charge in [0.1, 0.15) is 0 Å². The van der Waals surface area contributed by atoms with E-state index < -0.39 is 36.3 Å². The van der Waals surface area contributed by atoms with E-state index in [9.17, 15) is 4.79 Å². The zero-order valence-electron chi connectivity index (χ0n) is 9.89. The molecule has 0 bridgehead atoms. The average Bonchev–Trinajstić information content (AvgIpc) is 2.45. The monoisotopic (exact) mass is 145 g/mol. The quantitative estimate of drug-likeness (QED) is 0.523. The van der Waals surface area contributed by atoms with Crippen molar-refractivity contribution < 1.29 is 11.4 Å². The van der Waals surface area contributed by atoms with E-state index in [1.54, 1.807) is 0 Å². The highest BCUT2D eigenvalue weighted by atomic mass is 16.5. The van der Waals surface area contributed by atoms with Crippen molar-refractivity contribution in [3.05, 3.63) is 21.7 Å². The van der Waals surface area contributed by atoms with Crippen molar-refractivity contribution in [3.63, 3.8) is 0 Å². The van der Waals surface area contributed by atoms with E-state index in [0.717, 1.165) is 0 Å². The third-order valence-corrected chi connectivity index (χ3v) is 1.17. The molecule has 0 spiro atoms.